The molecule has 6 nitrogen and oxygen atoms in total. The molecule has 3 fully saturated rings. The Labute approximate surface area is 175 Å². The van der Waals surface area contributed by atoms with Crippen molar-refractivity contribution < 1.29 is 9.47 Å². The minimum atomic E-state index is 0.171. The molecule has 0 radical (unpaired) electrons. The van der Waals surface area contributed by atoms with Crippen molar-refractivity contribution in [1.29, 1.82) is 0 Å². The SMILES string of the molecule is CN=C(NCC1CCN(CCc2ccccc2)C1)N1CCOC(C2CCCO2)C1. The van der Waals surface area contributed by atoms with E-state index in [2.05, 4.69) is 50.4 Å². The summed E-state index contributed by atoms with van der Waals surface area (Å²) in [5, 5.41) is 3.64. The van der Waals surface area contributed by atoms with Gasteiger partial charge in [-0.2, -0.15) is 0 Å². The van der Waals surface area contributed by atoms with E-state index >= 15 is 0 Å². The summed E-state index contributed by atoms with van der Waals surface area (Å²) in [7, 11) is 1.89. The molecule has 4 rings (SSSR count). The molecule has 3 aliphatic heterocycles. The normalized spacial score (nSPS) is 28.8. The minimum Gasteiger partial charge on any atom is -0.375 e. The zero-order valence-corrected chi connectivity index (χ0v) is 17.8. The van der Waals surface area contributed by atoms with Crippen molar-refractivity contribution in [1.82, 2.24) is 15.1 Å². The van der Waals surface area contributed by atoms with Crippen LogP contribution in [-0.2, 0) is 15.9 Å². The number of likely N-dealkylation sites (tertiary alicyclic amines) is 1. The van der Waals surface area contributed by atoms with Crippen molar-refractivity contribution in [3.63, 3.8) is 0 Å². The Morgan fingerprint density at radius 1 is 1.07 bits per heavy atom. The number of aliphatic imine (C=N–C) groups is 1. The minimum absolute atomic E-state index is 0.171. The molecule has 1 aromatic carbocycles. The van der Waals surface area contributed by atoms with E-state index in [9.17, 15) is 0 Å². The second-order valence-electron chi connectivity index (χ2n) is 8.53. The van der Waals surface area contributed by atoms with Gasteiger partial charge in [-0.25, -0.2) is 0 Å². The zero-order chi connectivity index (χ0) is 19.9. The van der Waals surface area contributed by atoms with Crippen LogP contribution in [0.25, 0.3) is 0 Å². The van der Waals surface area contributed by atoms with Gasteiger partial charge in [-0.3, -0.25) is 4.99 Å². The number of rotatable bonds is 6. The molecule has 3 saturated heterocycles. The molecule has 0 spiro atoms. The lowest BCUT2D eigenvalue weighted by Gasteiger charge is -2.37. The molecular weight excluding hydrogens is 364 g/mol. The lowest BCUT2D eigenvalue weighted by molar-refractivity contribution is -0.0817. The average molecular weight is 401 g/mol. The van der Waals surface area contributed by atoms with Crippen LogP contribution in [0.15, 0.2) is 35.3 Å². The van der Waals surface area contributed by atoms with E-state index in [1.807, 2.05) is 7.05 Å². The Balaban J connectivity index is 1.19. The fourth-order valence-electron chi connectivity index (χ4n) is 4.77. The van der Waals surface area contributed by atoms with Crippen LogP contribution >= 0.6 is 0 Å². The summed E-state index contributed by atoms with van der Waals surface area (Å²) in [5.74, 6) is 1.71. The first-order valence-electron chi connectivity index (χ1n) is 11.3. The number of hydrogen-bond donors (Lipinski definition) is 1. The maximum Gasteiger partial charge on any atom is 0.193 e. The van der Waals surface area contributed by atoms with Gasteiger partial charge in [0, 0.05) is 46.4 Å². The highest BCUT2D eigenvalue weighted by atomic mass is 16.5. The summed E-state index contributed by atoms with van der Waals surface area (Å²) >= 11 is 0. The van der Waals surface area contributed by atoms with Gasteiger partial charge in [0.1, 0.15) is 6.10 Å². The van der Waals surface area contributed by atoms with Gasteiger partial charge < -0.3 is 24.6 Å². The van der Waals surface area contributed by atoms with Gasteiger partial charge in [0.25, 0.3) is 0 Å². The van der Waals surface area contributed by atoms with E-state index in [-0.39, 0.29) is 12.2 Å². The average Bonchev–Trinajstić information content (AvgIpc) is 3.46. The number of hydrogen-bond acceptors (Lipinski definition) is 4. The highest BCUT2D eigenvalue weighted by Crippen LogP contribution is 2.21. The molecular formula is C23H36N4O2. The Kier molecular flexibility index (Phi) is 7.41. The largest absolute Gasteiger partial charge is 0.375 e. The van der Waals surface area contributed by atoms with Crippen molar-refractivity contribution in [2.75, 3.05) is 59.5 Å². The molecule has 0 bridgehead atoms. The fourth-order valence-corrected chi connectivity index (χ4v) is 4.77. The van der Waals surface area contributed by atoms with Gasteiger partial charge in [-0.05, 0) is 43.7 Å². The van der Waals surface area contributed by atoms with E-state index < -0.39 is 0 Å². The molecule has 3 atom stereocenters. The van der Waals surface area contributed by atoms with Crippen LogP contribution in [0.3, 0.4) is 0 Å². The monoisotopic (exact) mass is 400 g/mol. The van der Waals surface area contributed by atoms with Crippen LogP contribution in [0, 0.1) is 5.92 Å². The molecule has 3 heterocycles. The summed E-state index contributed by atoms with van der Waals surface area (Å²) in [6, 6.07) is 10.8. The quantitative estimate of drug-likeness (QED) is 0.585. The predicted molar refractivity (Wildman–Crippen MR) is 116 cm³/mol. The van der Waals surface area contributed by atoms with E-state index in [1.165, 1.54) is 25.1 Å². The number of morpholine rings is 1. The van der Waals surface area contributed by atoms with Gasteiger partial charge in [0.2, 0.25) is 0 Å². The molecule has 0 aliphatic carbocycles. The first-order chi connectivity index (χ1) is 14.3. The van der Waals surface area contributed by atoms with Gasteiger partial charge in [0.15, 0.2) is 5.96 Å². The smallest absolute Gasteiger partial charge is 0.193 e. The Hall–Kier alpha value is -1.63. The zero-order valence-electron chi connectivity index (χ0n) is 17.8. The van der Waals surface area contributed by atoms with Crippen LogP contribution in [0.5, 0.6) is 0 Å². The Bertz CT molecular complexity index is 648. The van der Waals surface area contributed by atoms with Crippen LogP contribution in [0.1, 0.15) is 24.8 Å². The maximum absolute atomic E-state index is 5.99. The van der Waals surface area contributed by atoms with Crippen LogP contribution < -0.4 is 5.32 Å². The maximum atomic E-state index is 5.99. The van der Waals surface area contributed by atoms with Gasteiger partial charge in [0.05, 0.1) is 12.7 Å². The van der Waals surface area contributed by atoms with Crippen molar-refractivity contribution in [3.05, 3.63) is 35.9 Å². The predicted octanol–water partition coefficient (Wildman–Crippen LogP) is 2.01. The van der Waals surface area contributed by atoms with Gasteiger partial charge in [-0.15, -0.1) is 0 Å². The third kappa shape index (κ3) is 5.71. The van der Waals surface area contributed by atoms with E-state index in [4.69, 9.17) is 9.47 Å². The van der Waals surface area contributed by atoms with E-state index in [1.54, 1.807) is 0 Å². The number of benzene rings is 1. The first-order valence-corrected chi connectivity index (χ1v) is 11.3. The molecule has 29 heavy (non-hydrogen) atoms. The van der Waals surface area contributed by atoms with Crippen LogP contribution in [0.4, 0.5) is 0 Å². The van der Waals surface area contributed by atoms with Gasteiger partial charge >= 0.3 is 0 Å². The summed E-state index contributed by atoms with van der Waals surface area (Å²) in [5.41, 5.74) is 1.43. The lowest BCUT2D eigenvalue weighted by Crippen LogP contribution is -2.53. The third-order valence-electron chi connectivity index (χ3n) is 6.46. The Morgan fingerprint density at radius 2 is 1.93 bits per heavy atom. The second-order valence-corrected chi connectivity index (χ2v) is 8.53. The summed E-state index contributed by atoms with van der Waals surface area (Å²) in [4.78, 5) is 9.50. The molecule has 1 N–H and O–H groups in total. The third-order valence-corrected chi connectivity index (χ3v) is 6.46. The van der Waals surface area contributed by atoms with E-state index in [0.29, 0.717) is 5.92 Å². The van der Waals surface area contributed by atoms with Gasteiger partial charge in [-0.1, -0.05) is 30.3 Å². The number of nitrogens with zero attached hydrogens (tertiary/aromatic N) is 3. The highest BCUT2D eigenvalue weighted by molar-refractivity contribution is 5.80. The molecule has 0 amide bonds. The molecule has 3 unspecified atom stereocenters. The standard InChI is InChI=1S/C23H36N4O2/c1-24-23(27-13-15-29-22(18-27)21-8-5-14-28-21)25-16-20-10-12-26(17-20)11-9-19-6-3-2-4-7-19/h2-4,6-7,20-22H,5,8-18H2,1H3,(H,24,25). The van der Waals surface area contributed by atoms with Crippen molar-refractivity contribution in [3.8, 4) is 0 Å². The molecule has 160 valence electrons. The summed E-state index contributed by atoms with van der Waals surface area (Å²) in [6.45, 7) is 7.93. The Morgan fingerprint density at radius 3 is 2.72 bits per heavy atom. The molecule has 3 aliphatic rings. The topological polar surface area (TPSA) is 49.3 Å². The molecule has 6 heteroatoms. The number of nitrogens with one attached hydrogen (secondary N) is 1. The number of guanidine groups is 1. The van der Waals surface area contributed by atoms with Crippen molar-refractivity contribution in [2.45, 2.75) is 37.9 Å². The summed E-state index contributed by atoms with van der Waals surface area (Å²) < 4.78 is 11.8. The highest BCUT2D eigenvalue weighted by Gasteiger charge is 2.32. The van der Waals surface area contributed by atoms with E-state index in [0.717, 1.165) is 64.6 Å². The van der Waals surface area contributed by atoms with Crippen molar-refractivity contribution >= 4 is 5.96 Å². The van der Waals surface area contributed by atoms with Crippen LogP contribution in [0.2, 0.25) is 0 Å². The second kappa shape index (κ2) is 10.4. The molecule has 1 aromatic rings. The number of ether oxygens (including phenoxy) is 2. The van der Waals surface area contributed by atoms with Crippen molar-refractivity contribution in [2.24, 2.45) is 10.9 Å². The molecule has 0 saturated carbocycles. The summed E-state index contributed by atoms with van der Waals surface area (Å²) in [6.07, 6.45) is 5.10. The van der Waals surface area contributed by atoms with Crippen LogP contribution in [-0.4, -0.2) is 87.5 Å². The first kappa shape index (κ1) is 20.6. The lowest BCUT2D eigenvalue weighted by atomic mass is 10.1. The molecule has 0 aromatic heterocycles. The fraction of sp³-hybridized carbons (Fsp3) is 0.696.